The predicted octanol–water partition coefficient (Wildman–Crippen LogP) is 3.52. The number of rotatable bonds is 6. The molecule has 1 N–H and O–H groups in total. The number of amides is 1. The number of carbonyl (C=O) groups excluding carboxylic acids is 2. The van der Waals surface area contributed by atoms with Crippen molar-refractivity contribution in [3.8, 4) is 5.75 Å². The molecular formula is C19H19NO4. The SMILES string of the molecule is CCOC(=O)c1cccc(NC(=O)C=Cc2ccccc2OC)c1. The van der Waals surface area contributed by atoms with E-state index in [9.17, 15) is 9.59 Å². The summed E-state index contributed by atoms with van der Waals surface area (Å²) >= 11 is 0. The van der Waals surface area contributed by atoms with Crippen molar-refractivity contribution in [1.29, 1.82) is 0 Å². The summed E-state index contributed by atoms with van der Waals surface area (Å²) in [4.78, 5) is 23.7. The molecular weight excluding hydrogens is 306 g/mol. The van der Waals surface area contributed by atoms with E-state index in [-0.39, 0.29) is 5.91 Å². The van der Waals surface area contributed by atoms with Gasteiger partial charge in [0.05, 0.1) is 19.3 Å². The molecule has 1 amide bonds. The maximum Gasteiger partial charge on any atom is 0.338 e. The molecule has 0 radical (unpaired) electrons. The standard InChI is InChI=1S/C19H19NO4/c1-3-24-19(22)15-8-6-9-16(13-15)20-18(21)12-11-14-7-4-5-10-17(14)23-2/h4-13H,3H2,1-2H3,(H,20,21). The smallest absolute Gasteiger partial charge is 0.338 e. The summed E-state index contributed by atoms with van der Waals surface area (Å²) in [6.45, 7) is 2.04. The molecule has 0 saturated carbocycles. The average Bonchev–Trinajstić information content (AvgIpc) is 2.60. The zero-order chi connectivity index (χ0) is 17.4. The van der Waals surface area contributed by atoms with Gasteiger partial charge in [0.2, 0.25) is 5.91 Å². The monoisotopic (exact) mass is 325 g/mol. The lowest BCUT2D eigenvalue weighted by Crippen LogP contribution is -2.09. The van der Waals surface area contributed by atoms with Gasteiger partial charge in [-0.25, -0.2) is 4.79 Å². The second kappa shape index (κ2) is 8.53. The summed E-state index contributed by atoms with van der Waals surface area (Å²) in [6, 6.07) is 14.0. The lowest BCUT2D eigenvalue weighted by atomic mass is 10.2. The second-order valence-corrected chi connectivity index (χ2v) is 4.87. The van der Waals surface area contributed by atoms with E-state index in [4.69, 9.17) is 9.47 Å². The number of para-hydroxylation sites is 1. The highest BCUT2D eigenvalue weighted by atomic mass is 16.5. The van der Waals surface area contributed by atoms with Crippen molar-refractivity contribution in [3.05, 3.63) is 65.7 Å². The number of nitrogens with one attached hydrogen (secondary N) is 1. The van der Waals surface area contributed by atoms with Gasteiger partial charge >= 0.3 is 5.97 Å². The Morgan fingerprint density at radius 1 is 1.12 bits per heavy atom. The first-order valence-electron chi connectivity index (χ1n) is 7.53. The zero-order valence-corrected chi connectivity index (χ0v) is 13.6. The van der Waals surface area contributed by atoms with Crippen LogP contribution in [0.2, 0.25) is 0 Å². The van der Waals surface area contributed by atoms with E-state index in [1.54, 1.807) is 44.4 Å². The Hall–Kier alpha value is -3.08. The zero-order valence-electron chi connectivity index (χ0n) is 13.6. The normalized spacial score (nSPS) is 10.4. The van der Waals surface area contributed by atoms with Crippen LogP contribution in [0.25, 0.3) is 6.08 Å². The van der Waals surface area contributed by atoms with Gasteiger partial charge in [0, 0.05) is 17.3 Å². The summed E-state index contributed by atoms with van der Waals surface area (Å²) < 4.78 is 10.2. The minimum Gasteiger partial charge on any atom is -0.496 e. The predicted molar refractivity (Wildman–Crippen MR) is 93.1 cm³/mol. The topological polar surface area (TPSA) is 64.6 Å². The van der Waals surface area contributed by atoms with Crippen molar-refractivity contribution in [1.82, 2.24) is 0 Å². The van der Waals surface area contributed by atoms with Crippen molar-refractivity contribution >= 4 is 23.6 Å². The summed E-state index contributed by atoms with van der Waals surface area (Å²) in [5.74, 6) is -0.0362. The summed E-state index contributed by atoms with van der Waals surface area (Å²) in [5.41, 5.74) is 1.72. The molecule has 24 heavy (non-hydrogen) atoms. The van der Waals surface area contributed by atoms with Gasteiger partial charge in [-0.1, -0.05) is 24.3 Å². The Balaban J connectivity index is 2.06. The number of ether oxygens (including phenoxy) is 2. The first kappa shape index (κ1) is 17.3. The molecule has 124 valence electrons. The minimum atomic E-state index is -0.418. The van der Waals surface area contributed by atoms with E-state index in [2.05, 4.69) is 5.32 Å². The Bertz CT molecular complexity index is 753. The third kappa shape index (κ3) is 4.71. The fourth-order valence-electron chi connectivity index (χ4n) is 2.09. The highest BCUT2D eigenvalue weighted by molar-refractivity contribution is 6.02. The number of hydrogen-bond donors (Lipinski definition) is 1. The van der Waals surface area contributed by atoms with Crippen LogP contribution in [-0.2, 0) is 9.53 Å². The largest absolute Gasteiger partial charge is 0.496 e. The van der Waals surface area contributed by atoms with Crippen LogP contribution in [0, 0.1) is 0 Å². The van der Waals surface area contributed by atoms with Gasteiger partial charge in [0.25, 0.3) is 0 Å². The lowest BCUT2D eigenvalue weighted by Gasteiger charge is -2.06. The van der Waals surface area contributed by atoms with Crippen LogP contribution in [-0.4, -0.2) is 25.6 Å². The van der Waals surface area contributed by atoms with Crippen LogP contribution >= 0.6 is 0 Å². The van der Waals surface area contributed by atoms with Crippen molar-refractivity contribution < 1.29 is 19.1 Å². The average molecular weight is 325 g/mol. The van der Waals surface area contributed by atoms with Gasteiger partial charge in [0.1, 0.15) is 5.75 Å². The van der Waals surface area contributed by atoms with E-state index in [1.165, 1.54) is 6.08 Å². The van der Waals surface area contributed by atoms with Gasteiger partial charge in [-0.3, -0.25) is 4.79 Å². The van der Waals surface area contributed by atoms with Gasteiger partial charge in [-0.2, -0.15) is 0 Å². The van der Waals surface area contributed by atoms with E-state index >= 15 is 0 Å². The number of esters is 1. The highest BCUT2D eigenvalue weighted by Gasteiger charge is 2.07. The molecule has 0 heterocycles. The minimum absolute atomic E-state index is 0.303. The van der Waals surface area contributed by atoms with Crippen LogP contribution in [0.4, 0.5) is 5.69 Å². The first-order chi connectivity index (χ1) is 11.6. The van der Waals surface area contributed by atoms with Gasteiger partial charge in [-0.15, -0.1) is 0 Å². The molecule has 0 aliphatic rings. The molecule has 0 unspecified atom stereocenters. The van der Waals surface area contributed by atoms with Crippen LogP contribution in [0.1, 0.15) is 22.8 Å². The van der Waals surface area contributed by atoms with E-state index in [0.717, 1.165) is 5.56 Å². The molecule has 0 saturated heterocycles. The van der Waals surface area contributed by atoms with Crippen LogP contribution in [0.3, 0.4) is 0 Å². The van der Waals surface area contributed by atoms with Crippen LogP contribution in [0.15, 0.2) is 54.6 Å². The molecule has 0 aliphatic carbocycles. The summed E-state index contributed by atoms with van der Waals surface area (Å²) in [7, 11) is 1.58. The maximum atomic E-state index is 12.0. The number of methoxy groups -OCH3 is 1. The Morgan fingerprint density at radius 3 is 2.67 bits per heavy atom. The third-order valence-electron chi connectivity index (χ3n) is 3.19. The number of hydrogen-bond acceptors (Lipinski definition) is 4. The number of carbonyl (C=O) groups is 2. The fourth-order valence-corrected chi connectivity index (χ4v) is 2.09. The van der Waals surface area contributed by atoms with E-state index in [0.29, 0.717) is 23.6 Å². The quantitative estimate of drug-likeness (QED) is 0.652. The molecule has 2 rings (SSSR count). The molecule has 5 nitrogen and oxygen atoms in total. The van der Waals surface area contributed by atoms with Crippen LogP contribution < -0.4 is 10.1 Å². The first-order valence-corrected chi connectivity index (χ1v) is 7.53. The van der Waals surface area contributed by atoms with Crippen LogP contribution in [0.5, 0.6) is 5.75 Å². The molecule has 0 bridgehead atoms. The summed E-state index contributed by atoms with van der Waals surface area (Å²) in [6.07, 6.45) is 3.08. The maximum absolute atomic E-state index is 12.0. The molecule has 2 aromatic carbocycles. The molecule has 0 spiro atoms. The molecule has 0 atom stereocenters. The number of anilines is 1. The second-order valence-electron chi connectivity index (χ2n) is 4.87. The van der Waals surface area contributed by atoms with Gasteiger partial charge < -0.3 is 14.8 Å². The lowest BCUT2D eigenvalue weighted by molar-refractivity contribution is -0.111. The van der Waals surface area contributed by atoms with Crippen molar-refractivity contribution in [2.45, 2.75) is 6.92 Å². The van der Waals surface area contributed by atoms with Gasteiger partial charge in [0.15, 0.2) is 0 Å². The van der Waals surface area contributed by atoms with E-state index in [1.807, 2.05) is 24.3 Å². The Kier molecular flexibility index (Phi) is 6.14. The van der Waals surface area contributed by atoms with Crippen molar-refractivity contribution in [2.24, 2.45) is 0 Å². The molecule has 0 fully saturated rings. The molecule has 5 heteroatoms. The summed E-state index contributed by atoms with van der Waals surface area (Å²) in [5, 5.41) is 2.71. The van der Waals surface area contributed by atoms with Crippen molar-refractivity contribution in [2.75, 3.05) is 19.0 Å². The molecule has 0 aromatic heterocycles. The van der Waals surface area contributed by atoms with Crippen molar-refractivity contribution in [3.63, 3.8) is 0 Å². The number of benzene rings is 2. The Labute approximate surface area is 140 Å². The fraction of sp³-hybridized carbons (Fsp3) is 0.158. The van der Waals surface area contributed by atoms with Gasteiger partial charge in [-0.05, 0) is 37.3 Å². The molecule has 0 aliphatic heterocycles. The Morgan fingerprint density at radius 2 is 1.92 bits per heavy atom. The van der Waals surface area contributed by atoms with E-state index < -0.39 is 5.97 Å². The third-order valence-corrected chi connectivity index (χ3v) is 3.19. The highest BCUT2D eigenvalue weighted by Crippen LogP contribution is 2.19. The molecule has 2 aromatic rings.